The van der Waals surface area contributed by atoms with Gasteiger partial charge in [-0.3, -0.25) is 4.68 Å². The molecule has 1 heterocycles. The molecule has 96 valence electrons. The normalized spacial score (nSPS) is 12.7. The van der Waals surface area contributed by atoms with Gasteiger partial charge in [0.15, 0.2) is 0 Å². The van der Waals surface area contributed by atoms with E-state index in [1.54, 1.807) is 0 Å². The summed E-state index contributed by atoms with van der Waals surface area (Å²) in [6, 6.07) is 11.0. The van der Waals surface area contributed by atoms with Crippen LogP contribution in [0.1, 0.15) is 28.6 Å². The Hall–Kier alpha value is -1.61. The molecule has 0 bridgehead atoms. The molecule has 18 heavy (non-hydrogen) atoms. The molecule has 1 N–H and O–H groups in total. The van der Waals surface area contributed by atoms with Gasteiger partial charge < -0.3 is 5.32 Å². The molecule has 0 saturated heterocycles. The number of hydrogen-bond acceptors (Lipinski definition) is 2. The molecule has 2 aromatic rings. The molecule has 3 heteroatoms. The van der Waals surface area contributed by atoms with Gasteiger partial charge in [0, 0.05) is 5.69 Å². The van der Waals surface area contributed by atoms with Gasteiger partial charge in [0.1, 0.15) is 0 Å². The summed E-state index contributed by atoms with van der Waals surface area (Å²) in [5, 5.41) is 7.89. The molecule has 3 nitrogen and oxygen atoms in total. The molecule has 0 spiro atoms. The maximum atomic E-state index is 4.52. The highest BCUT2D eigenvalue weighted by Crippen LogP contribution is 2.17. The Balaban J connectivity index is 2.22. The van der Waals surface area contributed by atoms with E-state index >= 15 is 0 Å². The zero-order chi connectivity index (χ0) is 13.1. The first-order chi connectivity index (χ1) is 8.60. The van der Waals surface area contributed by atoms with Crippen LogP contribution >= 0.6 is 0 Å². The maximum Gasteiger partial charge on any atom is 0.0607 e. The minimum Gasteiger partial charge on any atom is -0.311 e. The second-order valence-electron chi connectivity index (χ2n) is 4.86. The van der Waals surface area contributed by atoms with Gasteiger partial charge in [-0.1, -0.05) is 29.8 Å². The van der Waals surface area contributed by atoms with Crippen LogP contribution in [0.15, 0.2) is 30.3 Å². The zero-order valence-corrected chi connectivity index (χ0v) is 11.6. The van der Waals surface area contributed by atoms with Crippen molar-refractivity contribution in [3.8, 4) is 0 Å². The van der Waals surface area contributed by atoms with Crippen molar-refractivity contribution in [1.82, 2.24) is 15.1 Å². The minimum absolute atomic E-state index is 0.294. The lowest BCUT2D eigenvalue weighted by atomic mass is 10.0. The Morgan fingerprint density at radius 2 is 2.00 bits per heavy atom. The van der Waals surface area contributed by atoms with Crippen LogP contribution in [0.25, 0.3) is 0 Å². The maximum absolute atomic E-state index is 4.52. The SMILES string of the molecule is CNC(Cn1nc(C)cc1C)c1cccc(C)c1. The van der Waals surface area contributed by atoms with Crippen LogP contribution < -0.4 is 5.32 Å². The van der Waals surface area contributed by atoms with Gasteiger partial charge in [-0.15, -0.1) is 0 Å². The molecule has 0 radical (unpaired) electrons. The highest BCUT2D eigenvalue weighted by molar-refractivity contribution is 5.25. The summed E-state index contributed by atoms with van der Waals surface area (Å²) in [5.74, 6) is 0. The van der Waals surface area contributed by atoms with Gasteiger partial charge in [0.2, 0.25) is 0 Å². The molecule has 0 aliphatic rings. The van der Waals surface area contributed by atoms with E-state index in [1.807, 2.05) is 14.0 Å². The topological polar surface area (TPSA) is 29.9 Å². The van der Waals surface area contributed by atoms with E-state index in [0.29, 0.717) is 6.04 Å². The number of aryl methyl sites for hydroxylation is 3. The average molecular weight is 243 g/mol. The summed E-state index contributed by atoms with van der Waals surface area (Å²) >= 11 is 0. The molecule has 0 saturated carbocycles. The number of hydrogen-bond donors (Lipinski definition) is 1. The second-order valence-corrected chi connectivity index (χ2v) is 4.86. The van der Waals surface area contributed by atoms with Crippen molar-refractivity contribution in [1.29, 1.82) is 0 Å². The highest BCUT2D eigenvalue weighted by Gasteiger charge is 2.12. The van der Waals surface area contributed by atoms with E-state index < -0.39 is 0 Å². The number of nitrogens with one attached hydrogen (secondary N) is 1. The first-order valence-electron chi connectivity index (χ1n) is 6.35. The third kappa shape index (κ3) is 2.79. The lowest BCUT2D eigenvalue weighted by Crippen LogP contribution is -2.23. The van der Waals surface area contributed by atoms with Crippen molar-refractivity contribution < 1.29 is 0 Å². The van der Waals surface area contributed by atoms with Crippen molar-refractivity contribution in [3.63, 3.8) is 0 Å². The summed E-state index contributed by atoms with van der Waals surface area (Å²) in [6.45, 7) is 7.12. The molecule has 0 aliphatic carbocycles. The molecular weight excluding hydrogens is 222 g/mol. The monoisotopic (exact) mass is 243 g/mol. The Morgan fingerprint density at radius 3 is 2.56 bits per heavy atom. The third-order valence-electron chi connectivity index (χ3n) is 3.25. The number of aromatic nitrogens is 2. The lowest BCUT2D eigenvalue weighted by Gasteiger charge is -2.18. The Morgan fingerprint density at radius 1 is 1.22 bits per heavy atom. The van der Waals surface area contributed by atoms with Crippen LogP contribution in [0.2, 0.25) is 0 Å². The van der Waals surface area contributed by atoms with E-state index in [4.69, 9.17) is 0 Å². The summed E-state index contributed by atoms with van der Waals surface area (Å²) < 4.78 is 2.07. The van der Waals surface area contributed by atoms with E-state index in [1.165, 1.54) is 16.8 Å². The molecule has 0 fully saturated rings. The van der Waals surface area contributed by atoms with Crippen molar-refractivity contribution >= 4 is 0 Å². The van der Waals surface area contributed by atoms with Crippen LogP contribution in [-0.4, -0.2) is 16.8 Å². The molecule has 1 aromatic carbocycles. The molecule has 1 unspecified atom stereocenters. The van der Waals surface area contributed by atoms with Gasteiger partial charge in [0.25, 0.3) is 0 Å². The Bertz CT molecular complexity index is 528. The van der Waals surface area contributed by atoms with Crippen molar-refractivity contribution in [2.24, 2.45) is 0 Å². The Labute approximate surface area is 109 Å². The van der Waals surface area contributed by atoms with Crippen LogP contribution in [0.4, 0.5) is 0 Å². The summed E-state index contributed by atoms with van der Waals surface area (Å²) in [7, 11) is 2.00. The van der Waals surface area contributed by atoms with Crippen molar-refractivity contribution in [2.75, 3.05) is 7.05 Å². The zero-order valence-electron chi connectivity index (χ0n) is 11.6. The first kappa shape index (κ1) is 12.8. The largest absolute Gasteiger partial charge is 0.311 e. The van der Waals surface area contributed by atoms with E-state index in [9.17, 15) is 0 Å². The number of nitrogens with zero attached hydrogens (tertiary/aromatic N) is 2. The van der Waals surface area contributed by atoms with Crippen molar-refractivity contribution in [2.45, 2.75) is 33.4 Å². The Kier molecular flexibility index (Phi) is 3.82. The fourth-order valence-electron chi connectivity index (χ4n) is 2.28. The first-order valence-corrected chi connectivity index (χ1v) is 6.35. The predicted octanol–water partition coefficient (Wildman–Crippen LogP) is 2.77. The van der Waals surface area contributed by atoms with Crippen LogP contribution in [-0.2, 0) is 6.54 Å². The second kappa shape index (κ2) is 5.36. The van der Waals surface area contributed by atoms with Crippen LogP contribution in [0.3, 0.4) is 0 Å². The minimum atomic E-state index is 0.294. The molecular formula is C15H21N3. The smallest absolute Gasteiger partial charge is 0.0607 e. The molecule has 1 atom stereocenters. The third-order valence-corrected chi connectivity index (χ3v) is 3.25. The molecule has 2 rings (SSSR count). The number of rotatable bonds is 4. The van der Waals surface area contributed by atoms with E-state index in [-0.39, 0.29) is 0 Å². The predicted molar refractivity (Wildman–Crippen MR) is 74.7 cm³/mol. The fourth-order valence-corrected chi connectivity index (χ4v) is 2.28. The molecule has 0 aliphatic heterocycles. The van der Waals surface area contributed by atoms with E-state index in [2.05, 4.69) is 59.3 Å². The van der Waals surface area contributed by atoms with Crippen molar-refractivity contribution in [3.05, 3.63) is 52.8 Å². The summed E-state index contributed by atoms with van der Waals surface area (Å²) in [6.07, 6.45) is 0. The highest BCUT2D eigenvalue weighted by atomic mass is 15.3. The van der Waals surface area contributed by atoms with Crippen LogP contribution in [0.5, 0.6) is 0 Å². The summed E-state index contributed by atoms with van der Waals surface area (Å²) in [5.41, 5.74) is 4.89. The van der Waals surface area contributed by atoms with Gasteiger partial charge in [-0.2, -0.15) is 5.10 Å². The number of likely N-dealkylation sites (N-methyl/N-ethyl adjacent to an activating group) is 1. The number of benzene rings is 1. The van der Waals surface area contributed by atoms with Gasteiger partial charge in [0.05, 0.1) is 18.3 Å². The lowest BCUT2D eigenvalue weighted by molar-refractivity contribution is 0.460. The fraction of sp³-hybridized carbons (Fsp3) is 0.400. The quantitative estimate of drug-likeness (QED) is 0.895. The van der Waals surface area contributed by atoms with Gasteiger partial charge in [-0.05, 0) is 39.4 Å². The standard InChI is InChI=1S/C15H21N3/c1-11-6-5-7-14(8-11)15(16-4)10-18-13(3)9-12(2)17-18/h5-9,15-16H,10H2,1-4H3. The van der Waals surface area contributed by atoms with E-state index in [0.717, 1.165) is 12.2 Å². The molecule has 1 aromatic heterocycles. The molecule has 0 amide bonds. The average Bonchev–Trinajstić information content (AvgIpc) is 2.64. The summed E-state index contributed by atoms with van der Waals surface area (Å²) in [4.78, 5) is 0. The van der Waals surface area contributed by atoms with Crippen LogP contribution in [0, 0.1) is 20.8 Å². The van der Waals surface area contributed by atoms with Gasteiger partial charge >= 0.3 is 0 Å². The van der Waals surface area contributed by atoms with Gasteiger partial charge in [-0.25, -0.2) is 0 Å².